The van der Waals surface area contributed by atoms with E-state index >= 15 is 0 Å². The summed E-state index contributed by atoms with van der Waals surface area (Å²) >= 11 is 2.95. The number of carbonyl (C=O) groups excluding carboxylic acids is 1. The zero-order valence-corrected chi connectivity index (χ0v) is 20.4. The number of hydrogen-bond donors (Lipinski definition) is 0. The number of thioether (sulfide) groups is 1. The van der Waals surface area contributed by atoms with E-state index in [9.17, 15) is 4.79 Å². The summed E-state index contributed by atoms with van der Waals surface area (Å²) < 4.78 is 5.80. The van der Waals surface area contributed by atoms with Gasteiger partial charge in [0.05, 0.1) is 22.4 Å². The fourth-order valence-corrected chi connectivity index (χ4v) is 5.95. The summed E-state index contributed by atoms with van der Waals surface area (Å²) in [5.41, 5.74) is 3.26. The highest BCUT2D eigenvalue weighted by atomic mass is 32.2. The zero-order chi connectivity index (χ0) is 22.6. The van der Waals surface area contributed by atoms with Crippen LogP contribution in [-0.4, -0.2) is 32.6 Å². The maximum Gasteiger partial charge on any atom is 0.277 e. The number of nitrogens with zero attached hydrogens (tertiary/aromatic N) is 4. The van der Waals surface area contributed by atoms with Crippen molar-refractivity contribution < 1.29 is 9.21 Å². The number of carbonyl (C=O) groups is 1. The predicted molar refractivity (Wildman–Crippen MR) is 132 cm³/mol. The Labute approximate surface area is 202 Å². The molecular weight excluding hydrogens is 452 g/mol. The van der Waals surface area contributed by atoms with Crippen LogP contribution in [0, 0.1) is 12.8 Å². The van der Waals surface area contributed by atoms with E-state index in [4.69, 9.17) is 9.52 Å². The van der Waals surface area contributed by atoms with Crippen molar-refractivity contribution in [2.75, 3.05) is 5.75 Å². The average molecular weight is 481 g/mol. The molecule has 0 spiro atoms. The molecule has 1 unspecified atom stereocenters. The van der Waals surface area contributed by atoms with E-state index in [0.717, 1.165) is 34.9 Å². The van der Waals surface area contributed by atoms with Crippen molar-refractivity contribution in [2.24, 2.45) is 11.0 Å². The lowest BCUT2D eigenvalue weighted by Gasteiger charge is -2.21. The van der Waals surface area contributed by atoms with Gasteiger partial charge in [-0.2, -0.15) is 5.10 Å². The highest BCUT2D eigenvalue weighted by Gasteiger charge is 2.33. The molecule has 1 atom stereocenters. The summed E-state index contributed by atoms with van der Waals surface area (Å²) in [6.07, 6.45) is 7.96. The van der Waals surface area contributed by atoms with E-state index in [-0.39, 0.29) is 17.7 Å². The molecule has 0 radical (unpaired) electrons. The molecule has 1 saturated carbocycles. The molecule has 1 aliphatic carbocycles. The van der Waals surface area contributed by atoms with Gasteiger partial charge in [-0.1, -0.05) is 73.3 Å². The van der Waals surface area contributed by atoms with Gasteiger partial charge in [0.25, 0.3) is 11.1 Å². The monoisotopic (exact) mass is 480 g/mol. The first-order chi connectivity index (χ1) is 16.2. The fourth-order valence-electron chi connectivity index (χ4n) is 4.59. The zero-order valence-electron chi connectivity index (χ0n) is 18.8. The van der Waals surface area contributed by atoms with E-state index in [1.165, 1.54) is 43.0 Å². The van der Waals surface area contributed by atoms with Crippen molar-refractivity contribution in [1.82, 2.24) is 15.2 Å². The van der Waals surface area contributed by atoms with Gasteiger partial charge >= 0.3 is 0 Å². The molecule has 5 rings (SSSR count). The predicted octanol–water partition coefficient (Wildman–Crippen LogP) is 6.03. The minimum atomic E-state index is -0.0968. The summed E-state index contributed by atoms with van der Waals surface area (Å²) in [5.74, 6) is 1.63. The number of thiophene rings is 1. The molecule has 33 heavy (non-hydrogen) atoms. The number of benzene rings is 1. The van der Waals surface area contributed by atoms with Gasteiger partial charge in [-0.3, -0.25) is 4.79 Å². The molecule has 0 N–H and O–H groups in total. The first kappa shape index (κ1) is 22.3. The van der Waals surface area contributed by atoms with Crippen molar-refractivity contribution >= 4 is 34.7 Å². The van der Waals surface area contributed by atoms with Gasteiger partial charge in [0.2, 0.25) is 5.89 Å². The quantitative estimate of drug-likeness (QED) is 0.368. The molecule has 1 aliphatic heterocycles. The molecule has 6 nitrogen and oxygen atoms in total. The molecule has 0 bridgehead atoms. The number of hydrazone groups is 1. The molecule has 0 saturated heterocycles. The largest absolute Gasteiger partial charge is 0.416 e. The number of amides is 1. The second-order valence-electron chi connectivity index (χ2n) is 8.83. The van der Waals surface area contributed by atoms with Crippen LogP contribution in [-0.2, 0) is 11.2 Å². The normalized spacial score (nSPS) is 18.8. The standard InChI is InChI=1S/C25H28N4O2S2/c1-17-8-11-19(12-9-17)21-15-20(22-7-4-14-32-22)28-29(21)24(30)16-33-25-27-26-23(31-25)13-10-18-5-2-3-6-18/h4,7-9,11-12,14,18,21H,2-3,5-6,10,13,15-16H2,1H3. The summed E-state index contributed by atoms with van der Waals surface area (Å²) in [4.78, 5) is 14.3. The van der Waals surface area contributed by atoms with Gasteiger partial charge in [0, 0.05) is 12.8 Å². The smallest absolute Gasteiger partial charge is 0.277 e. The summed E-state index contributed by atoms with van der Waals surface area (Å²) in [7, 11) is 0. The van der Waals surface area contributed by atoms with Crippen molar-refractivity contribution in [3.05, 3.63) is 63.7 Å². The molecule has 3 aromatic rings. The molecule has 2 aromatic heterocycles. The third-order valence-electron chi connectivity index (χ3n) is 6.44. The molecule has 1 aromatic carbocycles. The third-order valence-corrected chi connectivity index (χ3v) is 8.16. The van der Waals surface area contributed by atoms with E-state index in [0.29, 0.717) is 17.5 Å². The minimum absolute atomic E-state index is 0.0529. The van der Waals surface area contributed by atoms with Gasteiger partial charge < -0.3 is 4.42 Å². The molecule has 172 valence electrons. The SMILES string of the molecule is Cc1ccc(C2CC(c3cccs3)=NN2C(=O)CSc2nnc(CCC3CCCC3)o2)cc1. The van der Waals surface area contributed by atoms with Gasteiger partial charge in [-0.15, -0.1) is 21.5 Å². The van der Waals surface area contributed by atoms with E-state index in [1.807, 2.05) is 11.4 Å². The van der Waals surface area contributed by atoms with Crippen molar-refractivity contribution in [2.45, 2.75) is 63.1 Å². The van der Waals surface area contributed by atoms with Crippen LogP contribution >= 0.6 is 23.1 Å². The minimum Gasteiger partial charge on any atom is -0.416 e. The maximum atomic E-state index is 13.2. The Morgan fingerprint density at radius 3 is 2.76 bits per heavy atom. The topological polar surface area (TPSA) is 71.6 Å². The molecule has 1 fully saturated rings. The van der Waals surface area contributed by atoms with Crippen LogP contribution in [0.3, 0.4) is 0 Å². The Morgan fingerprint density at radius 1 is 1.18 bits per heavy atom. The Bertz CT molecular complexity index is 1100. The Morgan fingerprint density at radius 2 is 2.00 bits per heavy atom. The number of aromatic nitrogens is 2. The van der Waals surface area contributed by atoms with Gasteiger partial charge in [0.1, 0.15) is 0 Å². The van der Waals surface area contributed by atoms with Crippen LogP contribution in [0.15, 0.2) is 56.5 Å². The highest BCUT2D eigenvalue weighted by molar-refractivity contribution is 7.99. The number of rotatable bonds is 8. The number of hydrogen-bond acceptors (Lipinski definition) is 7. The first-order valence-electron chi connectivity index (χ1n) is 11.6. The summed E-state index contributed by atoms with van der Waals surface area (Å²) in [6, 6.07) is 12.3. The van der Waals surface area contributed by atoms with Gasteiger partial charge in [0.15, 0.2) is 0 Å². The van der Waals surface area contributed by atoms with Crippen LogP contribution in [0.25, 0.3) is 0 Å². The Hall–Kier alpha value is -2.45. The molecular formula is C25H28N4O2S2. The molecule has 8 heteroatoms. The second kappa shape index (κ2) is 10.2. The lowest BCUT2D eigenvalue weighted by atomic mass is 10.00. The second-order valence-corrected chi connectivity index (χ2v) is 10.7. The Kier molecular flexibility index (Phi) is 6.92. The highest BCUT2D eigenvalue weighted by Crippen LogP contribution is 2.35. The van der Waals surface area contributed by atoms with E-state index < -0.39 is 0 Å². The van der Waals surface area contributed by atoms with E-state index in [1.54, 1.807) is 16.3 Å². The molecule has 2 aliphatic rings. The Balaban J connectivity index is 1.24. The fraction of sp³-hybridized carbons (Fsp3) is 0.440. The van der Waals surface area contributed by atoms with Crippen molar-refractivity contribution in [3.8, 4) is 0 Å². The van der Waals surface area contributed by atoms with Crippen LogP contribution in [0.4, 0.5) is 0 Å². The van der Waals surface area contributed by atoms with Crippen LogP contribution in [0.5, 0.6) is 0 Å². The lowest BCUT2D eigenvalue weighted by Crippen LogP contribution is -2.28. The van der Waals surface area contributed by atoms with Crippen LogP contribution < -0.4 is 0 Å². The molecule has 3 heterocycles. The summed E-state index contributed by atoms with van der Waals surface area (Å²) in [5, 5.41) is 17.2. The summed E-state index contributed by atoms with van der Waals surface area (Å²) in [6.45, 7) is 2.07. The van der Waals surface area contributed by atoms with Crippen molar-refractivity contribution in [3.63, 3.8) is 0 Å². The number of aryl methyl sites for hydroxylation is 2. The van der Waals surface area contributed by atoms with E-state index in [2.05, 4.69) is 47.5 Å². The molecule has 1 amide bonds. The van der Waals surface area contributed by atoms with Gasteiger partial charge in [-0.05, 0) is 36.3 Å². The first-order valence-corrected chi connectivity index (χ1v) is 13.5. The van der Waals surface area contributed by atoms with Crippen LogP contribution in [0.1, 0.15) is 66.5 Å². The third kappa shape index (κ3) is 5.38. The van der Waals surface area contributed by atoms with Crippen molar-refractivity contribution in [1.29, 1.82) is 0 Å². The van der Waals surface area contributed by atoms with Gasteiger partial charge in [-0.25, -0.2) is 5.01 Å². The maximum absolute atomic E-state index is 13.2. The average Bonchev–Trinajstić information content (AvgIpc) is 3.62. The lowest BCUT2D eigenvalue weighted by molar-refractivity contribution is -0.130. The van der Waals surface area contributed by atoms with Crippen LogP contribution in [0.2, 0.25) is 0 Å².